The van der Waals surface area contributed by atoms with Gasteiger partial charge in [0.05, 0.1) is 0 Å². The van der Waals surface area contributed by atoms with E-state index in [1.54, 1.807) is 0 Å². The van der Waals surface area contributed by atoms with Crippen LogP contribution in [-0.4, -0.2) is 11.4 Å². The number of hydrogen-bond donors (Lipinski definition) is 0. The molecule has 0 aromatic carbocycles. The van der Waals surface area contributed by atoms with Gasteiger partial charge in [-0.05, 0) is 25.7 Å². The lowest BCUT2D eigenvalue weighted by molar-refractivity contribution is 0.661. The molecule has 2 heteroatoms. The predicted molar refractivity (Wildman–Crippen MR) is 53.9 cm³/mol. The van der Waals surface area contributed by atoms with Crippen molar-refractivity contribution in [1.82, 2.24) is 0 Å². The fraction of sp³-hybridized carbons (Fsp3) is 0.800. The van der Waals surface area contributed by atoms with Crippen molar-refractivity contribution >= 4 is 11.4 Å². The van der Waals surface area contributed by atoms with E-state index in [1.807, 2.05) is 0 Å². The van der Waals surface area contributed by atoms with Gasteiger partial charge in [0.25, 0.3) is 0 Å². The van der Waals surface area contributed by atoms with Crippen molar-refractivity contribution in [1.29, 1.82) is 0 Å². The molecule has 0 aromatic heterocycles. The number of hydrogen-bond acceptors (Lipinski definition) is 2. The van der Waals surface area contributed by atoms with Gasteiger partial charge >= 0.3 is 0 Å². The highest BCUT2D eigenvalue weighted by Crippen LogP contribution is 2.19. The van der Waals surface area contributed by atoms with Crippen LogP contribution in [0, 0.1) is 5.92 Å². The number of nitrogens with zero attached hydrogens (tertiary/aromatic N) is 2. The first-order chi connectivity index (χ1) is 5.81. The van der Waals surface area contributed by atoms with E-state index < -0.39 is 0 Å². The Kier molecular flexibility index (Phi) is 3.45. The SMILES string of the molecule is CCC1=NN=C(CC)C(CC)C1. The van der Waals surface area contributed by atoms with Gasteiger partial charge in [-0.1, -0.05) is 20.8 Å². The molecule has 0 saturated heterocycles. The highest BCUT2D eigenvalue weighted by Gasteiger charge is 2.18. The second-order valence-corrected chi connectivity index (χ2v) is 3.27. The summed E-state index contributed by atoms with van der Waals surface area (Å²) in [5.74, 6) is 0.669. The van der Waals surface area contributed by atoms with Crippen LogP contribution < -0.4 is 0 Å². The van der Waals surface area contributed by atoms with E-state index in [1.165, 1.54) is 17.8 Å². The Balaban J connectivity index is 2.70. The third-order valence-electron chi connectivity index (χ3n) is 2.54. The lowest BCUT2D eigenvalue weighted by Gasteiger charge is -2.19. The second kappa shape index (κ2) is 4.39. The second-order valence-electron chi connectivity index (χ2n) is 3.27. The lowest BCUT2D eigenvalue weighted by atomic mass is 9.91. The standard InChI is InChI=1S/C10H18N2/c1-4-8-7-9(5-2)11-12-10(8)6-3/h8H,4-7H2,1-3H3. The van der Waals surface area contributed by atoms with Crippen LogP contribution >= 0.6 is 0 Å². The van der Waals surface area contributed by atoms with E-state index in [-0.39, 0.29) is 0 Å². The molecule has 1 aliphatic heterocycles. The summed E-state index contributed by atoms with van der Waals surface area (Å²) >= 11 is 0. The van der Waals surface area contributed by atoms with Gasteiger partial charge in [-0.3, -0.25) is 0 Å². The van der Waals surface area contributed by atoms with E-state index >= 15 is 0 Å². The fourth-order valence-corrected chi connectivity index (χ4v) is 1.61. The van der Waals surface area contributed by atoms with Gasteiger partial charge in [0.1, 0.15) is 0 Å². The zero-order valence-electron chi connectivity index (χ0n) is 8.30. The Hall–Kier alpha value is -0.660. The quantitative estimate of drug-likeness (QED) is 0.615. The van der Waals surface area contributed by atoms with Gasteiger partial charge < -0.3 is 0 Å². The molecule has 0 radical (unpaired) electrons. The maximum absolute atomic E-state index is 4.26. The molecule has 0 amide bonds. The molecule has 0 aromatic rings. The summed E-state index contributed by atoms with van der Waals surface area (Å²) in [4.78, 5) is 0. The first-order valence-electron chi connectivity index (χ1n) is 4.93. The number of rotatable bonds is 3. The average Bonchev–Trinajstić information content (AvgIpc) is 2.16. The summed E-state index contributed by atoms with van der Waals surface area (Å²) in [6.07, 6.45) is 4.45. The molecule has 0 bridgehead atoms. The highest BCUT2D eigenvalue weighted by atomic mass is 15.2. The minimum atomic E-state index is 0.669. The molecule has 0 aliphatic carbocycles. The van der Waals surface area contributed by atoms with Crippen molar-refractivity contribution in [2.75, 3.05) is 0 Å². The Labute approximate surface area is 74.8 Å². The molecule has 0 N–H and O–H groups in total. The minimum Gasteiger partial charge on any atom is -0.160 e. The van der Waals surface area contributed by atoms with Gasteiger partial charge in [-0.25, -0.2) is 0 Å². The first kappa shape index (κ1) is 9.43. The van der Waals surface area contributed by atoms with Crippen LogP contribution in [0.2, 0.25) is 0 Å². The topological polar surface area (TPSA) is 24.7 Å². The molecule has 1 atom stereocenters. The molecule has 0 spiro atoms. The van der Waals surface area contributed by atoms with Crippen molar-refractivity contribution in [2.24, 2.45) is 16.1 Å². The maximum Gasteiger partial charge on any atom is 0.0437 e. The summed E-state index contributed by atoms with van der Waals surface area (Å²) in [5, 5.41) is 8.46. The molecular formula is C10H18N2. The van der Waals surface area contributed by atoms with E-state index in [0.717, 1.165) is 19.3 Å². The summed E-state index contributed by atoms with van der Waals surface area (Å²) in [6.45, 7) is 6.54. The molecule has 0 fully saturated rings. The van der Waals surface area contributed by atoms with Gasteiger partial charge in [-0.2, -0.15) is 10.2 Å². The summed E-state index contributed by atoms with van der Waals surface area (Å²) in [5.41, 5.74) is 2.55. The monoisotopic (exact) mass is 166 g/mol. The Bertz CT molecular complexity index is 204. The smallest absolute Gasteiger partial charge is 0.0437 e. The molecule has 68 valence electrons. The van der Waals surface area contributed by atoms with Gasteiger partial charge in [0.15, 0.2) is 0 Å². The Morgan fingerprint density at radius 3 is 2.42 bits per heavy atom. The van der Waals surface area contributed by atoms with Crippen LogP contribution in [0.5, 0.6) is 0 Å². The summed E-state index contributed by atoms with van der Waals surface area (Å²) < 4.78 is 0. The molecule has 2 nitrogen and oxygen atoms in total. The highest BCUT2D eigenvalue weighted by molar-refractivity contribution is 5.96. The van der Waals surface area contributed by atoms with Crippen molar-refractivity contribution in [3.05, 3.63) is 0 Å². The van der Waals surface area contributed by atoms with Crippen molar-refractivity contribution < 1.29 is 0 Å². The molecule has 1 unspecified atom stereocenters. The normalized spacial score (nSPS) is 23.4. The largest absolute Gasteiger partial charge is 0.160 e. The van der Waals surface area contributed by atoms with Crippen LogP contribution in [0.15, 0.2) is 10.2 Å². The van der Waals surface area contributed by atoms with Gasteiger partial charge in [0, 0.05) is 17.3 Å². The van der Waals surface area contributed by atoms with Crippen LogP contribution in [0.1, 0.15) is 46.5 Å². The van der Waals surface area contributed by atoms with Gasteiger partial charge in [0.2, 0.25) is 0 Å². The van der Waals surface area contributed by atoms with Crippen LogP contribution in [0.4, 0.5) is 0 Å². The Morgan fingerprint density at radius 2 is 1.92 bits per heavy atom. The van der Waals surface area contributed by atoms with Crippen LogP contribution in [0.3, 0.4) is 0 Å². The van der Waals surface area contributed by atoms with E-state index in [2.05, 4.69) is 31.0 Å². The van der Waals surface area contributed by atoms with Crippen LogP contribution in [-0.2, 0) is 0 Å². The average molecular weight is 166 g/mol. The zero-order chi connectivity index (χ0) is 8.97. The predicted octanol–water partition coefficient (Wildman–Crippen LogP) is 3.03. The van der Waals surface area contributed by atoms with E-state index in [0.29, 0.717) is 5.92 Å². The first-order valence-corrected chi connectivity index (χ1v) is 4.93. The van der Waals surface area contributed by atoms with E-state index in [9.17, 15) is 0 Å². The summed E-state index contributed by atoms with van der Waals surface area (Å²) in [7, 11) is 0. The van der Waals surface area contributed by atoms with Crippen LogP contribution in [0.25, 0.3) is 0 Å². The van der Waals surface area contributed by atoms with Crippen molar-refractivity contribution in [2.45, 2.75) is 46.5 Å². The minimum absolute atomic E-state index is 0.669. The zero-order valence-corrected chi connectivity index (χ0v) is 8.30. The third kappa shape index (κ3) is 1.93. The van der Waals surface area contributed by atoms with Gasteiger partial charge in [-0.15, -0.1) is 0 Å². The fourth-order valence-electron chi connectivity index (χ4n) is 1.61. The molecule has 12 heavy (non-hydrogen) atoms. The molecule has 1 aliphatic rings. The molecule has 0 saturated carbocycles. The van der Waals surface area contributed by atoms with E-state index in [4.69, 9.17) is 0 Å². The summed E-state index contributed by atoms with van der Waals surface area (Å²) in [6, 6.07) is 0. The molecule has 1 heterocycles. The lowest BCUT2D eigenvalue weighted by Crippen LogP contribution is -2.20. The van der Waals surface area contributed by atoms with Crippen molar-refractivity contribution in [3.63, 3.8) is 0 Å². The maximum atomic E-state index is 4.26. The van der Waals surface area contributed by atoms with Crippen molar-refractivity contribution in [3.8, 4) is 0 Å². The molecular weight excluding hydrogens is 148 g/mol. The Morgan fingerprint density at radius 1 is 1.17 bits per heavy atom. The third-order valence-corrected chi connectivity index (χ3v) is 2.54. The molecule has 1 rings (SSSR count).